The number of carbonyl (C=O) groups excluding carboxylic acids is 1. The largest absolute Gasteiger partial charge is 0.493 e. The number of nitrogens with one attached hydrogen (secondary N) is 2. The van der Waals surface area contributed by atoms with Crippen molar-refractivity contribution in [1.82, 2.24) is 15.2 Å². The maximum absolute atomic E-state index is 13.8. The van der Waals surface area contributed by atoms with Gasteiger partial charge in [-0.15, -0.1) is 12.4 Å². The molecule has 0 unspecified atom stereocenters. The van der Waals surface area contributed by atoms with E-state index in [0.717, 1.165) is 32.6 Å². The minimum absolute atomic E-state index is 0. The van der Waals surface area contributed by atoms with Crippen LogP contribution in [-0.4, -0.2) is 64.1 Å². The lowest BCUT2D eigenvalue weighted by atomic mass is 10.0. The van der Waals surface area contributed by atoms with Gasteiger partial charge in [0.25, 0.3) is 5.56 Å². The Morgan fingerprint density at radius 2 is 1.47 bits per heavy atom. The first-order chi connectivity index (χ1) is 18.1. The first-order valence-corrected chi connectivity index (χ1v) is 12.5. The van der Waals surface area contributed by atoms with E-state index >= 15 is 0 Å². The maximum atomic E-state index is 13.8. The molecule has 0 spiro atoms. The first-order valence-electron chi connectivity index (χ1n) is 12.5. The Hall–Kier alpha value is -3.31. The summed E-state index contributed by atoms with van der Waals surface area (Å²) in [6.07, 6.45) is 1.66. The van der Waals surface area contributed by atoms with E-state index in [1.165, 1.54) is 14.2 Å². The number of ketones is 1. The normalized spacial score (nSPS) is 12.9. The van der Waals surface area contributed by atoms with Gasteiger partial charge in [0.15, 0.2) is 28.8 Å². The molecule has 11 heteroatoms. The molecule has 1 aliphatic heterocycles. The van der Waals surface area contributed by atoms with Crippen molar-refractivity contribution in [2.24, 2.45) is 5.73 Å². The molecule has 1 aromatic heterocycles. The number of halogens is 1. The zero-order chi connectivity index (χ0) is 25.9. The van der Waals surface area contributed by atoms with Gasteiger partial charge in [-0.3, -0.25) is 9.59 Å². The average molecular weight is 545 g/mol. The number of nitrogens with two attached hydrogens (primary N) is 1. The molecule has 0 saturated carbocycles. The molecule has 2 aliphatic rings. The molecule has 10 nitrogen and oxygen atoms in total. The topological polar surface area (TPSA) is 126 Å². The number of fused-ring (bicyclic) bond motifs is 6. The summed E-state index contributed by atoms with van der Waals surface area (Å²) in [4.78, 5) is 27.6. The Morgan fingerprint density at radius 1 is 0.868 bits per heavy atom. The first kappa shape index (κ1) is 27.7. The smallest absolute Gasteiger partial charge is 0.259 e. The molecular formula is C27H33ClN4O6. The Morgan fingerprint density at radius 3 is 2.11 bits per heavy atom. The van der Waals surface area contributed by atoms with Gasteiger partial charge >= 0.3 is 0 Å². The number of nitrogens with zero attached hydrogens (tertiary/aromatic N) is 1. The SMILES string of the molecule is COc1cc2c3c(n(CCCNCCNCCCN)c(=O)c2cc1OC)-c1cc2c(cc1C3=O)OCO2.Cl. The molecule has 0 bridgehead atoms. The van der Waals surface area contributed by atoms with Crippen LogP contribution in [-0.2, 0) is 6.54 Å². The number of benzene rings is 2. The lowest BCUT2D eigenvalue weighted by molar-refractivity contribution is 0.104. The van der Waals surface area contributed by atoms with E-state index in [2.05, 4.69) is 10.6 Å². The molecule has 1 aliphatic carbocycles. The standard InChI is InChI=1S/C27H32N4O6.ClH/c1-34-20-11-16-19(14-21(20)35-2)27(33)31(10-4-7-30-9-8-29-6-3-5-28)25-17-12-22-23(37-15-36-22)13-18(17)26(32)24(16)25;/h11-14,29-30H,3-10,15,28H2,1-2H3;1H. The van der Waals surface area contributed by atoms with E-state index < -0.39 is 0 Å². The predicted molar refractivity (Wildman–Crippen MR) is 148 cm³/mol. The summed E-state index contributed by atoms with van der Waals surface area (Å²) in [5, 5.41) is 7.69. The van der Waals surface area contributed by atoms with E-state index in [1.54, 1.807) is 28.8 Å². The molecule has 38 heavy (non-hydrogen) atoms. The number of hydrogen-bond acceptors (Lipinski definition) is 9. The molecular weight excluding hydrogens is 512 g/mol. The van der Waals surface area contributed by atoms with Gasteiger partial charge in [-0.2, -0.15) is 0 Å². The highest BCUT2D eigenvalue weighted by Crippen LogP contribution is 2.46. The summed E-state index contributed by atoms with van der Waals surface area (Å²) in [6.45, 7) is 4.52. The molecule has 0 amide bonds. The third-order valence-corrected chi connectivity index (χ3v) is 6.79. The summed E-state index contributed by atoms with van der Waals surface area (Å²) >= 11 is 0. The number of ether oxygens (including phenoxy) is 4. The second-order valence-electron chi connectivity index (χ2n) is 9.01. The van der Waals surface area contributed by atoms with E-state index in [-0.39, 0.29) is 30.5 Å². The van der Waals surface area contributed by atoms with Gasteiger partial charge in [0.05, 0.1) is 30.9 Å². The fourth-order valence-electron chi connectivity index (χ4n) is 4.97. The molecule has 0 saturated heterocycles. The fraction of sp³-hybridized carbons (Fsp3) is 0.407. The van der Waals surface area contributed by atoms with E-state index in [4.69, 9.17) is 24.7 Å². The number of aromatic nitrogens is 1. The number of hydrogen-bond donors (Lipinski definition) is 3. The molecule has 0 atom stereocenters. The van der Waals surface area contributed by atoms with Crippen molar-refractivity contribution in [3.05, 3.63) is 45.7 Å². The van der Waals surface area contributed by atoms with Gasteiger partial charge in [0.2, 0.25) is 6.79 Å². The number of carbonyl (C=O) groups is 1. The number of rotatable bonds is 12. The van der Waals surface area contributed by atoms with E-state index in [9.17, 15) is 9.59 Å². The highest BCUT2D eigenvalue weighted by atomic mass is 35.5. The van der Waals surface area contributed by atoms with Gasteiger partial charge in [0, 0.05) is 36.1 Å². The zero-order valence-corrected chi connectivity index (χ0v) is 22.4. The monoisotopic (exact) mass is 544 g/mol. The molecule has 4 N–H and O–H groups in total. The van der Waals surface area contributed by atoms with Crippen molar-refractivity contribution < 1.29 is 23.7 Å². The molecule has 2 aromatic carbocycles. The second-order valence-corrected chi connectivity index (χ2v) is 9.01. The van der Waals surface area contributed by atoms with Gasteiger partial charge in [0.1, 0.15) is 0 Å². The molecule has 5 rings (SSSR count). The maximum Gasteiger partial charge on any atom is 0.259 e. The van der Waals surface area contributed by atoms with Crippen molar-refractivity contribution >= 4 is 29.0 Å². The van der Waals surface area contributed by atoms with Crippen molar-refractivity contribution in [2.75, 3.05) is 53.7 Å². The fourth-order valence-corrected chi connectivity index (χ4v) is 4.97. The Balaban J connectivity index is 0.00000336. The highest BCUT2D eigenvalue weighted by Gasteiger charge is 2.35. The third kappa shape index (κ3) is 4.92. The summed E-state index contributed by atoms with van der Waals surface area (Å²) in [5.41, 5.74) is 7.58. The van der Waals surface area contributed by atoms with Crippen molar-refractivity contribution in [3.8, 4) is 34.3 Å². The van der Waals surface area contributed by atoms with Crippen LogP contribution in [0.2, 0.25) is 0 Å². The van der Waals surface area contributed by atoms with Crippen LogP contribution in [0.15, 0.2) is 29.1 Å². The number of methoxy groups -OCH3 is 2. The minimum Gasteiger partial charge on any atom is -0.493 e. The van der Waals surface area contributed by atoms with Crippen LogP contribution < -0.4 is 40.9 Å². The molecule has 2 heterocycles. The lowest BCUT2D eigenvalue weighted by Gasteiger charge is -2.17. The van der Waals surface area contributed by atoms with Crippen molar-refractivity contribution in [3.63, 3.8) is 0 Å². The van der Waals surface area contributed by atoms with Crippen LogP contribution in [0.4, 0.5) is 0 Å². The summed E-state index contributed by atoms with van der Waals surface area (Å²) in [7, 11) is 3.05. The summed E-state index contributed by atoms with van der Waals surface area (Å²) in [6, 6.07) is 6.87. The molecule has 0 radical (unpaired) electrons. The van der Waals surface area contributed by atoms with E-state index in [0.29, 0.717) is 75.7 Å². The van der Waals surface area contributed by atoms with Gasteiger partial charge in [-0.25, -0.2) is 0 Å². The summed E-state index contributed by atoms with van der Waals surface area (Å²) in [5.74, 6) is 1.83. The predicted octanol–water partition coefficient (Wildman–Crippen LogP) is 2.30. The van der Waals surface area contributed by atoms with Gasteiger partial charge in [-0.05, 0) is 56.7 Å². The van der Waals surface area contributed by atoms with Crippen LogP contribution in [0.25, 0.3) is 22.0 Å². The molecule has 3 aromatic rings. The van der Waals surface area contributed by atoms with Crippen LogP contribution in [0.3, 0.4) is 0 Å². The van der Waals surface area contributed by atoms with Crippen LogP contribution in [0.1, 0.15) is 28.8 Å². The molecule has 0 fully saturated rings. The van der Waals surface area contributed by atoms with Crippen LogP contribution in [0.5, 0.6) is 23.0 Å². The van der Waals surface area contributed by atoms with E-state index in [1.807, 2.05) is 0 Å². The van der Waals surface area contributed by atoms with Gasteiger partial charge < -0.3 is 39.9 Å². The zero-order valence-electron chi connectivity index (χ0n) is 21.6. The highest BCUT2D eigenvalue weighted by molar-refractivity contribution is 6.27. The second kappa shape index (κ2) is 12.0. The minimum atomic E-state index is -0.184. The van der Waals surface area contributed by atoms with Gasteiger partial charge in [-0.1, -0.05) is 0 Å². The van der Waals surface area contributed by atoms with Crippen molar-refractivity contribution in [2.45, 2.75) is 19.4 Å². The average Bonchev–Trinajstić information content (AvgIpc) is 3.49. The van der Waals surface area contributed by atoms with Crippen LogP contribution in [0, 0.1) is 0 Å². The van der Waals surface area contributed by atoms with Crippen molar-refractivity contribution in [1.29, 1.82) is 0 Å². The number of pyridine rings is 1. The molecule has 204 valence electrons. The Kier molecular flexibility index (Phi) is 8.78. The van der Waals surface area contributed by atoms with Crippen LogP contribution >= 0.6 is 12.4 Å². The quantitative estimate of drug-likeness (QED) is 0.230. The third-order valence-electron chi connectivity index (χ3n) is 6.79. The Labute approximate surface area is 226 Å². The Bertz CT molecular complexity index is 1410. The summed E-state index contributed by atoms with van der Waals surface area (Å²) < 4.78 is 23.7. The lowest BCUT2D eigenvalue weighted by Crippen LogP contribution is -2.30.